The molecule has 20 heavy (non-hydrogen) atoms. The molecule has 3 rings (SSSR count). The van der Waals surface area contributed by atoms with Crippen LogP contribution in [0.25, 0.3) is 10.8 Å². The van der Waals surface area contributed by atoms with E-state index in [9.17, 15) is 0 Å². The van der Waals surface area contributed by atoms with Gasteiger partial charge in [0, 0.05) is 23.7 Å². The minimum Gasteiger partial charge on any atom is -0.382 e. The molecule has 1 aliphatic heterocycles. The van der Waals surface area contributed by atoms with Gasteiger partial charge in [0.2, 0.25) is 0 Å². The topological polar surface area (TPSA) is 15.3 Å². The molecule has 1 aliphatic rings. The van der Waals surface area contributed by atoms with E-state index < -0.39 is 0 Å². The minimum atomic E-state index is 0.609. The van der Waals surface area contributed by atoms with Crippen molar-refractivity contribution in [3.63, 3.8) is 0 Å². The maximum atomic E-state index is 3.78. The molecule has 0 spiro atoms. The summed E-state index contributed by atoms with van der Waals surface area (Å²) in [4.78, 5) is 2.56. The number of nitrogens with one attached hydrogen (secondary N) is 1. The highest BCUT2D eigenvalue weighted by Gasteiger charge is 2.16. The van der Waals surface area contributed by atoms with E-state index in [2.05, 4.69) is 59.6 Å². The number of likely N-dealkylation sites (tertiary alicyclic amines) is 1. The Hall–Kier alpha value is -1.54. The molecule has 0 amide bonds. The number of nitrogens with zero attached hydrogens (tertiary/aromatic N) is 1. The van der Waals surface area contributed by atoms with Crippen LogP contribution in [-0.2, 0) is 0 Å². The maximum absolute atomic E-state index is 3.78. The Kier molecular flexibility index (Phi) is 4.22. The Morgan fingerprint density at radius 2 is 1.90 bits per heavy atom. The highest BCUT2D eigenvalue weighted by Crippen LogP contribution is 2.25. The van der Waals surface area contributed by atoms with E-state index >= 15 is 0 Å². The van der Waals surface area contributed by atoms with Crippen molar-refractivity contribution in [3.05, 3.63) is 42.5 Å². The standard InChI is InChI=1S/C18H24N2/c1-2-20-13-6-9-16(12-14-20)19-18-11-5-8-15-7-3-4-10-17(15)18/h3-5,7-8,10-11,16,19H,2,6,9,12-14H2,1H3. The first-order chi connectivity index (χ1) is 9.86. The molecule has 1 heterocycles. The zero-order valence-corrected chi connectivity index (χ0v) is 12.3. The molecule has 1 saturated heterocycles. The molecule has 0 bridgehead atoms. The molecule has 1 unspecified atom stereocenters. The fraction of sp³-hybridized carbons (Fsp3) is 0.444. The summed E-state index contributed by atoms with van der Waals surface area (Å²) in [6.45, 7) is 5.92. The van der Waals surface area contributed by atoms with Crippen molar-refractivity contribution in [2.24, 2.45) is 0 Å². The summed E-state index contributed by atoms with van der Waals surface area (Å²) in [5.74, 6) is 0. The quantitative estimate of drug-likeness (QED) is 0.900. The fourth-order valence-corrected chi connectivity index (χ4v) is 3.19. The lowest BCUT2D eigenvalue weighted by molar-refractivity contribution is 0.300. The minimum absolute atomic E-state index is 0.609. The number of hydrogen-bond acceptors (Lipinski definition) is 2. The smallest absolute Gasteiger partial charge is 0.0422 e. The molecule has 106 valence electrons. The zero-order valence-electron chi connectivity index (χ0n) is 12.3. The molecule has 0 aromatic heterocycles. The molecule has 0 aliphatic carbocycles. The molecule has 1 fully saturated rings. The Morgan fingerprint density at radius 3 is 2.80 bits per heavy atom. The SMILES string of the molecule is CCN1CCCC(Nc2cccc3ccccc23)CC1. The van der Waals surface area contributed by atoms with Crippen LogP contribution in [0.1, 0.15) is 26.2 Å². The van der Waals surface area contributed by atoms with Crippen LogP contribution in [0.3, 0.4) is 0 Å². The van der Waals surface area contributed by atoms with Gasteiger partial charge in [0.25, 0.3) is 0 Å². The second kappa shape index (κ2) is 6.27. The summed E-state index contributed by atoms with van der Waals surface area (Å²) in [6, 6.07) is 15.8. The Balaban J connectivity index is 1.76. The van der Waals surface area contributed by atoms with Gasteiger partial charge in [0.1, 0.15) is 0 Å². The molecule has 0 saturated carbocycles. The molecule has 2 nitrogen and oxygen atoms in total. The average molecular weight is 268 g/mol. The third-order valence-electron chi connectivity index (χ3n) is 4.42. The van der Waals surface area contributed by atoms with Crippen molar-refractivity contribution in [1.82, 2.24) is 4.90 Å². The van der Waals surface area contributed by atoms with Crippen LogP contribution in [0.4, 0.5) is 5.69 Å². The lowest BCUT2D eigenvalue weighted by Gasteiger charge is -2.20. The van der Waals surface area contributed by atoms with E-state index in [0.717, 1.165) is 0 Å². The van der Waals surface area contributed by atoms with E-state index in [4.69, 9.17) is 0 Å². The summed E-state index contributed by atoms with van der Waals surface area (Å²) in [7, 11) is 0. The van der Waals surface area contributed by atoms with Crippen LogP contribution in [0, 0.1) is 0 Å². The largest absolute Gasteiger partial charge is 0.382 e. The molecule has 2 heteroatoms. The monoisotopic (exact) mass is 268 g/mol. The van der Waals surface area contributed by atoms with Gasteiger partial charge >= 0.3 is 0 Å². The van der Waals surface area contributed by atoms with Crippen molar-refractivity contribution in [3.8, 4) is 0 Å². The van der Waals surface area contributed by atoms with Crippen LogP contribution < -0.4 is 5.32 Å². The van der Waals surface area contributed by atoms with Gasteiger partial charge < -0.3 is 10.2 Å². The van der Waals surface area contributed by atoms with E-state index in [-0.39, 0.29) is 0 Å². The highest BCUT2D eigenvalue weighted by atomic mass is 15.1. The van der Waals surface area contributed by atoms with Crippen LogP contribution in [0.15, 0.2) is 42.5 Å². The number of benzene rings is 2. The van der Waals surface area contributed by atoms with Gasteiger partial charge in [-0.2, -0.15) is 0 Å². The number of fused-ring (bicyclic) bond motifs is 1. The first-order valence-corrected chi connectivity index (χ1v) is 7.83. The fourth-order valence-electron chi connectivity index (χ4n) is 3.19. The van der Waals surface area contributed by atoms with Crippen molar-refractivity contribution in [1.29, 1.82) is 0 Å². The Morgan fingerprint density at radius 1 is 1.05 bits per heavy atom. The van der Waals surface area contributed by atoms with Gasteiger partial charge in [0.05, 0.1) is 0 Å². The zero-order chi connectivity index (χ0) is 13.8. The van der Waals surface area contributed by atoms with Crippen molar-refractivity contribution >= 4 is 16.5 Å². The first-order valence-electron chi connectivity index (χ1n) is 7.83. The van der Waals surface area contributed by atoms with Crippen LogP contribution in [0.2, 0.25) is 0 Å². The first kappa shape index (κ1) is 13.4. The van der Waals surface area contributed by atoms with E-state index in [1.807, 2.05) is 0 Å². The molecule has 2 aromatic rings. The molecular formula is C18H24N2. The Labute approximate surface area is 121 Å². The van der Waals surface area contributed by atoms with E-state index in [0.29, 0.717) is 6.04 Å². The van der Waals surface area contributed by atoms with Gasteiger partial charge in [-0.05, 0) is 43.8 Å². The summed E-state index contributed by atoms with van der Waals surface area (Å²) >= 11 is 0. The van der Waals surface area contributed by atoms with E-state index in [1.54, 1.807) is 0 Å². The second-order valence-corrected chi connectivity index (χ2v) is 5.73. The lowest BCUT2D eigenvalue weighted by Crippen LogP contribution is -2.26. The molecular weight excluding hydrogens is 244 g/mol. The maximum Gasteiger partial charge on any atom is 0.0422 e. The van der Waals surface area contributed by atoms with Crippen molar-refractivity contribution in [2.75, 3.05) is 25.0 Å². The average Bonchev–Trinajstić information content (AvgIpc) is 2.73. The number of anilines is 1. The third-order valence-corrected chi connectivity index (χ3v) is 4.42. The lowest BCUT2D eigenvalue weighted by atomic mass is 10.1. The summed E-state index contributed by atoms with van der Waals surface area (Å²) in [5.41, 5.74) is 1.29. The number of hydrogen-bond donors (Lipinski definition) is 1. The van der Waals surface area contributed by atoms with Gasteiger partial charge in [-0.1, -0.05) is 43.3 Å². The third kappa shape index (κ3) is 2.96. The van der Waals surface area contributed by atoms with Gasteiger partial charge in [-0.15, -0.1) is 0 Å². The van der Waals surface area contributed by atoms with E-state index in [1.165, 1.54) is 55.4 Å². The van der Waals surface area contributed by atoms with Crippen LogP contribution >= 0.6 is 0 Å². The molecule has 1 N–H and O–H groups in total. The summed E-state index contributed by atoms with van der Waals surface area (Å²) < 4.78 is 0. The summed E-state index contributed by atoms with van der Waals surface area (Å²) in [6.07, 6.45) is 3.83. The van der Waals surface area contributed by atoms with Gasteiger partial charge in [0.15, 0.2) is 0 Å². The Bertz CT molecular complexity index is 559. The molecule has 2 aromatic carbocycles. The summed E-state index contributed by atoms with van der Waals surface area (Å²) in [5, 5.41) is 6.44. The number of rotatable bonds is 3. The van der Waals surface area contributed by atoms with Crippen molar-refractivity contribution in [2.45, 2.75) is 32.2 Å². The predicted octanol–water partition coefficient (Wildman–Crippen LogP) is 4.13. The van der Waals surface area contributed by atoms with Gasteiger partial charge in [-0.25, -0.2) is 0 Å². The molecule has 1 atom stereocenters. The van der Waals surface area contributed by atoms with Gasteiger partial charge in [-0.3, -0.25) is 0 Å². The highest BCUT2D eigenvalue weighted by molar-refractivity contribution is 5.93. The normalized spacial score (nSPS) is 20.8. The second-order valence-electron chi connectivity index (χ2n) is 5.73. The van der Waals surface area contributed by atoms with Crippen molar-refractivity contribution < 1.29 is 0 Å². The van der Waals surface area contributed by atoms with Crippen LogP contribution in [-0.4, -0.2) is 30.6 Å². The predicted molar refractivity (Wildman–Crippen MR) is 87.3 cm³/mol. The molecule has 0 radical (unpaired) electrons. The van der Waals surface area contributed by atoms with Crippen LogP contribution in [0.5, 0.6) is 0 Å².